The van der Waals surface area contributed by atoms with E-state index in [9.17, 15) is 0 Å². The van der Waals surface area contributed by atoms with Crippen LogP contribution in [0.1, 0.15) is 41.0 Å². The van der Waals surface area contributed by atoms with Crippen LogP contribution in [0.3, 0.4) is 0 Å². The maximum atomic E-state index is 2.65. The van der Waals surface area contributed by atoms with Crippen molar-refractivity contribution < 1.29 is 32.3 Å². The van der Waals surface area contributed by atoms with Crippen molar-refractivity contribution in [2.45, 2.75) is 39.2 Å². The van der Waals surface area contributed by atoms with Gasteiger partial charge >= 0.3 is 159 Å². The Morgan fingerprint density at radius 2 is 1.92 bits per heavy atom. The SMILES string of the molecule is CCCCP1C2=Cc3ccccc3[CH]2[Hf+2][CH]2C3C=CC=CC3CC21.[F-].[F-]. The third-order valence-electron chi connectivity index (χ3n) is 6.39. The van der Waals surface area contributed by atoms with Gasteiger partial charge in [0.1, 0.15) is 0 Å². The quantitative estimate of drug-likeness (QED) is 0.387. The minimum atomic E-state index is -0.700. The van der Waals surface area contributed by atoms with Gasteiger partial charge in [0.2, 0.25) is 0 Å². The molecule has 1 aliphatic heterocycles. The first kappa shape index (κ1) is 20.3. The van der Waals surface area contributed by atoms with Gasteiger partial charge in [0, 0.05) is 0 Å². The van der Waals surface area contributed by atoms with Crippen molar-refractivity contribution in [2.24, 2.45) is 11.8 Å². The fourth-order valence-electron chi connectivity index (χ4n) is 5.26. The molecule has 1 aromatic rings. The fraction of sp³-hybridized carbons (Fsp3) is 0.455. The molecule has 4 heteroatoms. The number of halogens is 2. The molecule has 0 radical (unpaired) electrons. The first-order valence-electron chi connectivity index (χ1n) is 9.55. The molecule has 0 N–H and O–H groups in total. The van der Waals surface area contributed by atoms with Gasteiger partial charge in [0.15, 0.2) is 0 Å². The van der Waals surface area contributed by atoms with Crippen molar-refractivity contribution in [3.05, 3.63) is 65.0 Å². The molecule has 0 aromatic heterocycles. The van der Waals surface area contributed by atoms with Gasteiger partial charge < -0.3 is 9.41 Å². The Kier molecular flexibility index (Phi) is 6.50. The van der Waals surface area contributed by atoms with Crippen LogP contribution in [-0.2, 0) is 22.9 Å². The van der Waals surface area contributed by atoms with Gasteiger partial charge in [0.25, 0.3) is 0 Å². The molecule has 3 aliphatic carbocycles. The molecule has 1 aromatic carbocycles. The van der Waals surface area contributed by atoms with Gasteiger partial charge in [-0.25, -0.2) is 0 Å². The molecule has 0 bridgehead atoms. The van der Waals surface area contributed by atoms with E-state index in [1.54, 1.807) is 11.1 Å². The van der Waals surface area contributed by atoms with Gasteiger partial charge in [-0.1, -0.05) is 0 Å². The molecule has 0 amide bonds. The molecule has 2 fully saturated rings. The summed E-state index contributed by atoms with van der Waals surface area (Å²) < 4.78 is 2.05. The Morgan fingerprint density at radius 1 is 1.12 bits per heavy atom. The van der Waals surface area contributed by atoms with Gasteiger partial charge in [-0.15, -0.1) is 0 Å². The minimum Gasteiger partial charge on any atom is -1.00 e. The maximum absolute atomic E-state index is 2.65. The second-order valence-corrected chi connectivity index (χ2v) is 15.9. The molecule has 26 heavy (non-hydrogen) atoms. The van der Waals surface area contributed by atoms with Crippen LogP contribution in [0.15, 0.2) is 53.9 Å². The number of allylic oxidation sites excluding steroid dienone is 5. The van der Waals surface area contributed by atoms with E-state index in [2.05, 4.69) is 61.6 Å². The van der Waals surface area contributed by atoms with Crippen molar-refractivity contribution in [1.29, 1.82) is 0 Å². The zero-order chi connectivity index (χ0) is 16.1. The van der Waals surface area contributed by atoms with E-state index >= 15 is 0 Å². The molecule has 1 heterocycles. The number of hydrogen-bond donors (Lipinski definition) is 0. The zero-order valence-corrected chi connectivity index (χ0v) is 19.6. The second-order valence-electron chi connectivity index (χ2n) is 7.68. The largest absolute Gasteiger partial charge is 1.00 e. The summed E-state index contributed by atoms with van der Waals surface area (Å²) in [4.78, 5) is 0. The molecular formula is C22H25F2HfP. The number of hydrogen-bond acceptors (Lipinski definition) is 0. The summed E-state index contributed by atoms with van der Waals surface area (Å²) >= 11 is -0.700. The Labute approximate surface area is 168 Å². The summed E-state index contributed by atoms with van der Waals surface area (Å²) in [6.45, 7) is 2.37. The van der Waals surface area contributed by atoms with Gasteiger partial charge in [0.05, 0.1) is 0 Å². The summed E-state index contributed by atoms with van der Waals surface area (Å²) in [5.41, 5.74) is 4.36. The average molecular weight is 537 g/mol. The predicted molar refractivity (Wildman–Crippen MR) is 101 cm³/mol. The molecule has 0 nitrogen and oxygen atoms in total. The third kappa shape index (κ3) is 3.18. The Morgan fingerprint density at radius 3 is 2.77 bits per heavy atom. The van der Waals surface area contributed by atoms with Crippen LogP contribution in [0.5, 0.6) is 0 Å². The fourth-order valence-corrected chi connectivity index (χ4v) is 21.0. The van der Waals surface area contributed by atoms with Crippen molar-refractivity contribution >= 4 is 14.0 Å². The maximum Gasteiger partial charge on any atom is -1.00 e. The van der Waals surface area contributed by atoms with Crippen LogP contribution in [0.4, 0.5) is 0 Å². The summed E-state index contributed by atoms with van der Waals surface area (Å²) in [6, 6.07) is 9.34. The Hall–Kier alpha value is -0.400. The second kappa shape index (κ2) is 8.31. The molecule has 5 rings (SSSR count). The van der Waals surface area contributed by atoms with Crippen molar-refractivity contribution in [2.75, 3.05) is 6.16 Å². The molecule has 1 saturated heterocycles. The average Bonchev–Trinajstić information content (AvgIpc) is 3.17. The third-order valence-corrected chi connectivity index (χ3v) is 19.1. The smallest absolute Gasteiger partial charge is 1.00 e. The Bertz CT molecular complexity index is 741. The van der Waals surface area contributed by atoms with Gasteiger partial charge in [-0.05, 0) is 0 Å². The van der Waals surface area contributed by atoms with E-state index in [1.165, 1.54) is 25.4 Å². The van der Waals surface area contributed by atoms with E-state index in [0.717, 1.165) is 24.8 Å². The van der Waals surface area contributed by atoms with E-state index in [-0.39, 0.29) is 17.3 Å². The van der Waals surface area contributed by atoms with E-state index < -0.39 is 22.9 Å². The molecule has 6 atom stereocenters. The van der Waals surface area contributed by atoms with Crippen LogP contribution in [-0.4, -0.2) is 11.8 Å². The number of rotatable bonds is 3. The number of fused-ring (bicyclic) bond motifs is 6. The topological polar surface area (TPSA) is 0 Å². The van der Waals surface area contributed by atoms with Crippen molar-refractivity contribution in [3.63, 3.8) is 0 Å². The van der Waals surface area contributed by atoms with Gasteiger partial charge in [-0.2, -0.15) is 0 Å². The monoisotopic (exact) mass is 538 g/mol. The van der Waals surface area contributed by atoms with E-state index in [0.29, 0.717) is 0 Å². The minimum absolute atomic E-state index is 0. The zero-order valence-electron chi connectivity index (χ0n) is 15.1. The van der Waals surface area contributed by atoms with E-state index in [4.69, 9.17) is 0 Å². The number of benzene rings is 1. The number of unbranched alkanes of at least 4 members (excludes halogenated alkanes) is 1. The van der Waals surface area contributed by atoms with Crippen LogP contribution in [0, 0.1) is 11.8 Å². The van der Waals surface area contributed by atoms with E-state index in [1.807, 2.05) is 5.31 Å². The standard InChI is InChI=1S/C22H25P.2FH.Hf/c1-2-3-12-23(21-13-17-8-4-5-9-18(17)14-21)22-15-19-10-6-7-11-20(19)16-22;;;/h4-11,13-15,19-20,22H,2-3,12,16H2,1H3;2*1H;/q;;;+2/p-2. The van der Waals surface area contributed by atoms with Crippen molar-refractivity contribution in [1.82, 2.24) is 0 Å². The Balaban J connectivity index is 0.000000980. The van der Waals surface area contributed by atoms with Crippen LogP contribution in [0.25, 0.3) is 6.08 Å². The molecule has 136 valence electrons. The molecule has 1 saturated carbocycles. The van der Waals surface area contributed by atoms with Crippen LogP contribution < -0.4 is 9.41 Å². The predicted octanol–water partition coefficient (Wildman–Crippen LogP) is 0.388. The molecule has 6 unspecified atom stereocenters. The van der Waals surface area contributed by atoms with Crippen molar-refractivity contribution in [3.8, 4) is 0 Å². The summed E-state index contributed by atoms with van der Waals surface area (Å²) in [5.74, 6) is 1.78. The van der Waals surface area contributed by atoms with Crippen LogP contribution >= 0.6 is 7.92 Å². The first-order valence-corrected chi connectivity index (χ1v) is 15.3. The molecule has 0 spiro atoms. The summed E-state index contributed by atoms with van der Waals surface area (Å²) in [5, 5.41) is 1.94. The van der Waals surface area contributed by atoms with Gasteiger partial charge in [-0.3, -0.25) is 0 Å². The first-order chi connectivity index (χ1) is 11.9. The molecule has 4 aliphatic rings. The normalized spacial score (nSPS) is 34.7. The summed E-state index contributed by atoms with van der Waals surface area (Å²) in [7, 11) is 0.100. The summed E-state index contributed by atoms with van der Waals surface area (Å²) in [6.07, 6.45) is 18.2. The molecular weight excluding hydrogens is 512 g/mol. The van der Waals surface area contributed by atoms with Crippen LogP contribution in [0.2, 0.25) is 3.67 Å².